The lowest BCUT2D eigenvalue weighted by Gasteiger charge is -2.34. The van der Waals surface area contributed by atoms with Crippen LogP contribution in [0, 0.1) is 5.92 Å². The van der Waals surface area contributed by atoms with Crippen LogP contribution in [0.1, 0.15) is 36.5 Å². The molecule has 98 valence electrons. The molecule has 1 aromatic carbocycles. The van der Waals surface area contributed by atoms with Crippen LogP contribution in [0.15, 0.2) is 18.2 Å². The Morgan fingerprint density at radius 3 is 2.61 bits per heavy atom. The highest BCUT2D eigenvalue weighted by Gasteiger charge is 2.19. The fraction of sp³-hybridized carbons (Fsp3) is 0.500. The Labute approximate surface area is 107 Å². The Bertz CT molecular complexity index is 437. The third-order valence-corrected chi connectivity index (χ3v) is 3.81. The van der Waals surface area contributed by atoms with E-state index in [9.17, 15) is 4.79 Å². The minimum absolute atomic E-state index is 0.250. The molecule has 3 N–H and O–H groups in total. The monoisotopic (exact) mass is 248 g/mol. The number of hydrogen-bond acceptors (Lipinski definition) is 3. The van der Waals surface area contributed by atoms with Crippen LogP contribution in [0.3, 0.4) is 0 Å². The van der Waals surface area contributed by atoms with Crippen LogP contribution in [-0.2, 0) is 0 Å². The smallest absolute Gasteiger partial charge is 0.335 e. The number of nitrogen functional groups attached to an aromatic ring is 1. The molecule has 1 aliphatic heterocycles. The Hall–Kier alpha value is -1.71. The van der Waals surface area contributed by atoms with Crippen LogP contribution in [-0.4, -0.2) is 24.2 Å². The van der Waals surface area contributed by atoms with Gasteiger partial charge in [-0.1, -0.05) is 13.3 Å². The summed E-state index contributed by atoms with van der Waals surface area (Å²) in [6.07, 6.45) is 3.62. The molecule has 1 aromatic rings. The molecule has 1 fully saturated rings. The van der Waals surface area contributed by atoms with Crippen molar-refractivity contribution in [1.29, 1.82) is 0 Å². The van der Waals surface area contributed by atoms with Crippen molar-refractivity contribution in [3.8, 4) is 0 Å². The van der Waals surface area contributed by atoms with Crippen molar-refractivity contribution in [1.82, 2.24) is 0 Å². The van der Waals surface area contributed by atoms with Gasteiger partial charge < -0.3 is 15.7 Å². The van der Waals surface area contributed by atoms with Crippen LogP contribution in [0.4, 0.5) is 11.4 Å². The van der Waals surface area contributed by atoms with E-state index < -0.39 is 5.97 Å². The highest BCUT2D eigenvalue weighted by molar-refractivity contribution is 5.90. The lowest BCUT2D eigenvalue weighted by atomic mass is 9.94. The van der Waals surface area contributed by atoms with E-state index >= 15 is 0 Å². The van der Waals surface area contributed by atoms with E-state index in [0.717, 1.165) is 24.7 Å². The van der Waals surface area contributed by atoms with Crippen molar-refractivity contribution < 1.29 is 9.90 Å². The van der Waals surface area contributed by atoms with Crippen molar-refractivity contribution in [2.24, 2.45) is 5.92 Å². The minimum atomic E-state index is -0.932. The Kier molecular flexibility index (Phi) is 3.75. The second-order valence-electron chi connectivity index (χ2n) is 4.92. The first-order chi connectivity index (χ1) is 8.61. The minimum Gasteiger partial charge on any atom is -0.478 e. The average Bonchev–Trinajstić information content (AvgIpc) is 2.38. The number of piperidine rings is 1. The van der Waals surface area contributed by atoms with Crippen molar-refractivity contribution in [2.45, 2.75) is 26.2 Å². The number of carbonyl (C=O) groups is 1. The van der Waals surface area contributed by atoms with Gasteiger partial charge in [0.05, 0.1) is 16.9 Å². The maximum absolute atomic E-state index is 10.9. The molecule has 0 saturated carbocycles. The number of benzene rings is 1. The van der Waals surface area contributed by atoms with Gasteiger partial charge in [0, 0.05) is 13.1 Å². The van der Waals surface area contributed by atoms with E-state index in [2.05, 4.69) is 11.8 Å². The molecule has 0 atom stereocenters. The van der Waals surface area contributed by atoms with Crippen molar-refractivity contribution in [3.05, 3.63) is 23.8 Å². The van der Waals surface area contributed by atoms with Gasteiger partial charge in [-0.3, -0.25) is 0 Å². The summed E-state index contributed by atoms with van der Waals surface area (Å²) in [4.78, 5) is 13.1. The third kappa shape index (κ3) is 2.58. The molecule has 0 bridgehead atoms. The summed E-state index contributed by atoms with van der Waals surface area (Å²) in [6.45, 7) is 4.25. The van der Waals surface area contributed by atoms with Gasteiger partial charge in [-0.05, 0) is 37.0 Å². The normalized spacial score (nSPS) is 16.8. The van der Waals surface area contributed by atoms with E-state index in [-0.39, 0.29) is 5.56 Å². The molecule has 0 aliphatic carbocycles. The van der Waals surface area contributed by atoms with Crippen LogP contribution in [0.2, 0.25) is 0 Å². The van der Waals surface area contributed by atoms with Crippen molar-refractivity contribution in [3.63, 3.8) is 0 Å². The molecular weight excluding hydrogens is 228 g/mol. The van der Waals surface area contributed by atoms with Crippen molar-refractivity contribution in [2.75, 3.05) is 23.7 Å². The Balaban J connectivity index is 2.12. The number of aromatic carboxylic acids is 1. The average molecular weight is 248 g/mol. The second-order valence-corrected chi connectivity index (χ2v) is 4.92. The van der Waals surface area contributed by atoms with Crippen LogP contribution >= 0.6 is 0 Å². The van der Waals surface area contributed by atoms with Gasteiger partial charge in [-0.15, -0.1) is 0 Å². The predicted octanol–water partition coefficient (Wildman–Crippen LogP) is 2.59. The fourth-order valence-corrected chi connectivity index (χ4v) is 2.56. The molecule has 4 nitrogen and oxygen atoms in total. The first-order valence-electron chi connectivity index (χ1n) is 6.49. The molecule has 1 heterocycles. The molecule has 0 spiro atoms. The number of carboxylic acid groups (broad SMARTS) is 1. The van der Waals surface area contributed by atoms with Gasteiger partial charge >= 0.3 is 5.97 Å². The van der Waals surface area contributed by atoms with E-state index in [1.54, 1.807) is 12.1 Å². The first kappa shape index (κ1) is 12.7. The van der Waals surface area contributed by atoms with E-state index in [4.69, 9.17) is 10.8 Å². The number of hydrogen-bond donors (Lipinski definition) is 2. The van der Waals surface area contributed by atoms with Gasteiger partial charge in [-0.25, -0.2) is 4.79 Å². The van der Waals surface area contributed by atoms with Gasteiger partial charge in [0.25, 0.3) is 0 Å². The van der Waals surface area contributed by atoms with Crippen LogP contribution in [0.25, 0.3) is 0 Å². The SMILES string of the molecule is CCC1CCN(c2ccc(C(=O)O)cc2N)CC1. The zero-order valence-electron chi connectivity index (χ0n) is 10.7. The summed E-state index contributed by atoms with van der Waals surface area (Å²) in [5.41, 5.74) is 7.73. The molecular formula is C14H20N2O2. The molecule has 0 unspecified atom stereocenters. The second kappa shape index (κ2) is 5.29. The Morgan fingerprint density at radius 1 is 1.44 bits per heavy atom. The molecule has 4 heteroatoms. The third-order valence-electron chi connectivity index (χ3n) is 3.81. The number of nitrogens with zero attached hydrogens (tertiary/aromatic N) is 1. The summed E-state index contributed by atoms with van der Waals surface area (Å²) in [7, 11) is 0. The van der Waals surface area contributed by atoms with E-state index in [1.807, 2.05) is 6.07 Å². The highest BCUT2D eigenvalue weighted by Crippen LogP contribution is 2.29. The molecule has 0 radical (unpaired) electrons. The van der Waals surface area contributed by atoms with E-state index in [0.29, 0.717) is 5.69 Å². The lowest BCUT2D eigenvalue weighted by molar-refractivity contribution is 0.0697. The first-order valence-corrected chi connectivity index (χ1v) is 6.49. The topological polar surface area (TPSA) is 66.6 Å². The zero-order valence-corrected chi connectivity index (χ0v) is 10.7. The maximum atomic E-state index is 10.9. The van der Waals surface area contributed by atoms with Crippen LogP contribution in [0.5, 0.6) is 0 Å². The van der Waals surface area contributed by atoms with E-state index in [1.165, 1.54) is 19.3 Å². The van der Waals surface area contributed by atoms with Gasteiger partial charge in [-0.2, -0.15) is 0 Å². The fourth-order valence-electron chi connectivity index (χ4n) is 2.56. The molecule has 18 heavy (non-hydrogen) atoms. The molecule has 1 aliphatic rings. The predicted molar refractivity (Wildman–Crippen MR) is 73.0 cm³/mol. The number of rotatable bonds is 3. The molecule has 1 saturated heterocycles. The number of carboxylic acids is 1. The standard InChI is InChI=1S/C14H20N2O2/c1-2-10-5-7-16(8-6-10)13-4-3-11(14(17)18)9-12(13)15/h3-4,9-10H,2,5-8,15H2,1H3,(H,17,18). The van der Waals surface area contributed by atoms with Gasteiger partial charge in [0.15, 0.2) is 0 Å². The van der Waals surface area contributed by atoms with Gasteiger partial charge in [0.1, 0.15) is 0 Å². The summed E-state index contributed by atoms with van der Waals surface area (Å²) >= 11 is 0. The molecule has 2 rings (SSSR count). The highest BCUT2D eigenvalue weighted by atomic mass is 16.4. The number of nitrogens with two attached hydrogens (primary N) is 1. The zero-order chi connectivity index (χ0) is 13.1. The largest absolute Gasteiger partial charge is 0.478 e. The maximum Gasteiger partial charge on any atom is 0.335 e. The lowest BCUT2D eigenvalue weighted by Crippen LogP contribution is -2.33. The molecule has 0 amide bonds. The summed E-state index contributed by atoms with van der Waals surface area (Å²) in [5.74, 6) is -0.112. The summed E-state index contributed by atoms with van der Waals surface area (Å²) in [6, 6.07) is 4.99. The summed E-state index contributed by atoms with van der Waals surface area (Å²) in [5, 5.41) is 8.91. The molecule has 0 aromatic heterocycles. The number of anilines is 2. The van der Waals surface area contributed by atoms with Crippen LogP contribution < -0.4 is 10.6 Å². The quantitative estimate of drug-likeness (QED) is 0.807. The van der Waals surface area contributed by atoms with Gasteiger partial charge in [0.2, 0.25) is 0 Å². The summed E-state index contributed by atoms with van der Waals surface area (Å²) < 4.78 is 0. The van der Waals surface area contributed by atoms with Crippen molar-refractivity contribution >= 4 is 17.3 Å². The Morgan fingerprint density at radius 2 is 2.11 bits per heavy atom.